The summed E-state index contributed by atoms with van der Waals surface area (Å²) in [5.74, 6) is 0. The van der Waals surface area contributed by atoms with Crippen molar-refractivity contribution in [1.82, 2.24) is 4.90 Å². The number of ether oxygens (including phenoxy) is 1. The van der Waals surface area contributed by atoms with E-state index in [1.54, 1.807) is 6.92 Å². The average Bonchev–Trinajstić information content (AvgIpc) is 2.31. The molecular formula is C12H19F2N3O2. The van der Waals surface area contributed by atoms with Crippen molar-refractivity contribution in [3.8, 4) is 0 Å². The molecular weight excluding hydrogens is 256 g/mol. The molecule has 19 heavy (non-hydrogen) atoms. The molecule has 7 heteroatoms. The van der Waals surface area contributed by atoms with Crippen molar-refractivity contribution in [2.45, 2.75) is 32.2 Å². The maximum Gasteiger partial charge on any atom is 0.278 e. The quantitative estimate of drug-likeness (QED) is 0.711. The highest BCUT2D eigenvalue weighted by atomic mass is 19.3. The summed E-state index contributed by atoms with van der Waals surface area (Å²) in [5, 5.41) is 8.94. The molecule has 108 valence electrons. The lowest BCUT2D eigenvalue weighted by Gasteiger charge is -2.31. The van der Waals surface area contributed by atoms with Crippen LogP contribution in [0, 0.1) is 0 Å². The normalized spacial score (nSPS) is 21.8. The van der Waals surface area contributed by atoms with Crippen LogP contribution in [-0.2, 0) is 4.74 Å². The Kier molecular flexibility index (Phi) is 6.07. The van der Waals surface area contributed by atoms with Gasteiger partial charge in [-0.15, -0.1) is 0 Å². The standard InChI is InChI=1S/C12H19F2N3O2/c1-8-16-9(7-19-2)6-10(12(13)14)17(8)5-3-4-11(15)18/h3,5-6,8,11-12,18H,4,7,15H2,1-2H3/b5-3-. The van der Waals surface area contributed by atoms with E-state index in [0.29, 0.717) is 5.71 Å². The zero-order valence-electron chi connectivity index (χ0n) is 11.0. The van der Waals surface area contributed by atoms with Crippen LogP contribution < -0.4 is 5.73 Å². The van der Waals surface area contributed by atoms with Gasteiger partial charge in [0, 0.05) is 19.7 Å². The lowest BCUT2D eigenvalue weighted by atomic mass is 10.2. The predicted octanol–water partition coefficient (Wildman–Crippen LogP) is 1.07. The number of hydrogen-bond acceptors (Lipinski definition) is 5. The Morgan fingerprint density at radius 1 is 1.63 bits per heavy atom. The second-order valence-electron chi connectivity index (χ2n) is 4.15. The van der Waals surface area contributed by atoms with Gasteiger partial charge in [-0.2, -0.15) is 0 Å². The third-order valence-corrected chi connectivity index (χ3v) is 2.53. The van der Waals surface area contributed by atoms with Gasteiger partial charge in [0.2, 0.25) is 0 Å². The number of hydrogen-bond donors (Lipinski definition) is 2. The summed E-state index contributed by atoms with van der Waals surface area (Å²) in [7, 11) is 1.48. The van der Waals surface area contributed by atoms with Gasteiger partial charge in [0.15, 0.2) is 0 Å². The Morgan fingerprint density at radius 2 is 2.32 bits per heavy atom. The molecule has 3 N–H and O–H groups in total. The Balaban J connectivity index is 2.86. The summed E-state index contributed by atoms with van der Waals surface area (Å²) in [6, 6.07) is 0. The Bertz CT molecular complexity index is 381. The van der Waals surface area contributed by atoms with Crippen LogP contribution in [0.4, 0.5) is 8.78 Å². The third kappa shape index (κ3) is 4.70. The molecule has 0 radical (unpaired) electrons. The zero-order valence-corrected chi connectivity index (χ0v) is 11.0. The Labute approximate surface area is 111 Å². The Hall–Kier alpha value is -1.31. The largest absolute Gasteiger partial charge is 0.379 e. The number of halogens is 2. The Morgan fingerprint density at radius 3 is 2.84 bits per heavy atom. The first-order valence-electron chi connectivity index (χ1n) is 5.89. The molecule has 1 aliphatic rings. The van der Waals surface area contributed by atoms with Crippen LogP contribution in [-0.4, -0.2) is 48.3 Å². The molecule has 0 amide bonds. The summed E-state index contributed by atoms with van der Waals surface area (Å²) in [5.41, 5.74) is 5.52. The highest BCUT2D eigenvalue weighted by Gasteiger charge is 2.25. The summed E-state index contributed by atoms with van der Waals surface area (Å²) in [4.78, 5) is 5.60. The van der Waals surface area contributed by atoms with Gasteiger partial charge in [0.1, 0.15) is 12.4 Å². The van der Waals surface area contributed by atoms with Crippen molar-refractivity contribution in [2.24, 2.45) is 10.7 Å². The summed E-state index contributed by atoms with van der Waals surface area (Å²) in [6.45, 7) is 1.90. The van der Waals surface area contributed by atoms with Gasteiger partial charge in [0.05, 0.1) is 18.0 Å². The van der Waals surface area contributed by atoms with Gasteiger partial charge >= 0.3 is 0 Å². The van der Waals surface area contributed by atoms with Crippen LogP contribution >= 0.6 is 0 Å². The van der Waals surface area contributed by atoms with Gasteiger partial charge in [-0.05, 0) is 13.0 Å². The van der Waals surface area contributed by atoms with Crippen LogP contribution in [0.5, 0.6) is 0 Å². The molecule has 2 unspecified atom stereocenters. The minimum absolute atomic E-state index is 0.141. The summed E-state index contributed by atoms with van der Waals surface area (Å²) < 4.78 is 31.0. The number of allylic oxidation sites excluding steroid dienone is 1. The molecule has 0 bridgehead atoms. The molecule has 0 aromatic heterocycles. The number of aliphatic hydroxyl groups excluding tert-OH is 1. The maximum absolute atomic E-state index is 13.0. The fourth-order valence-electron chi connectivity index (χ4n) is 1.73. The predicted molar refractivity (Wildman–Crippen MR) is 68.7 cm³/mol. The highest BCUT2D eigenvalue weighted by molar-refractivity contribution is 5.97. The van der Waals surface area contributed by atoms with Gasteiger partial charge in [-0.25, -0.2) is 8.78 Å². The third-order valence-electron chi connectivity index (χ3n) is 2.53. The van der Waals surface area contributed by atoms with Crippen LogP contribution in [0.15, 0.2) is 29.0 Å². The lowest BCUT2D eigenvalue weighted by Crippen LogP contribution is -2.34. The molecule has 0 saturated carbocycles. The fourth-order valence-corrected chi connectivity index (χ4v) is 1.73. The van der Waals surface area contributed by atoms with Gasteiger partial charge in [0.25, 0.3) is 6.43 Å². The highest BCUT2D eigenvalue weighted by Crippen LogP contribution is 2.23. The van der Waals surface area contributed by atoms with Crippen molar-refractivity contribution in [3.05, 3.63) is 24.0 Å². The minimum Gasteiger partial charge on any atom is -0.379 e. The molecule has 2 atom stereocenters. The number of rotatable bonds is 6. The number of nitrogens with zero attached hydrogens (tertiary/aromatic N) is 2. The second-order valence-corrected chi connectivity index (χ2v) is 4.15. The van der Waals surface area contributed by atoms with Gasteiger partial charge in [-0.3, -0.25) is 4.99 Å². The fraction of sp³-hybridized carbons (Fsp3) is 0.583. The molecule has 0 saturated heterocycles. The van der Waals surface area contributed by atoms with E-state index in [1.165, 1.54) is 30.4 Å². The van der Waals surface area contributed by atoms with Crippen molar-refractivity contribution in [1.29, 1.82) is 0 Å². The number of aliphatic hydroxyl groups is 1. The maximum atomic E-state index is 13.0. The van der Waals surface area contributed by atoms with Crippen LogP contribution in [0.25, 0.3) is 0 Å². The topological polar surface area (TPSA) is 71.1 Å². The summed E-state index contributed by atoms with van der Waals surface area (Å²) >= 11 is 0. The smallest absolute Gasteiger partial charge is 0.278 e. The molecule has 0 aliphatic carbocycles. The zero-order chi connectivity index (χ0) is 14.4. The van der Waals surface area contributed by atoms with E-state index in [4.69, 9.17) is 15.6 Å². The molecule has 0 aromatic carbocycles. The van der Waals surface area contributed by atoms with E-state index in [2.05, 4.69) is 4.99 Å². The van der Waals surface area contributed by atoms with Crippen molar-refractivity contribution < 1.29 is 18.6 Å². The first kappa shape index (κ1) is 15.7. The number of aliphatic imine (C=N–C) groups is 1. The average molecular weight is 275 g/mol. The molecule has 1 aliphatic heterocycles. The van der Waals surface area contributed by atoms with Crippen LogP contribution in [0.3, 0.4) is 0 Å². The van der Waals surface area contributed by atoms with Gasteiger partial charge < -0.3 is 20.5 Å². The van der Waals surface area contributed by atoms with Crippen LogP contribution in [0.1, 0.15) is 13.3 Å². The van der Waals surface area contributed by atoms with Crippen molar-refractivity contribution in [3.63, 3.8) is 0 Å². The first-order valence-corrected chi connectivity index (χ1v) is 5.89. The SMILES string of the molecule is COCC1=NC(C)N(/C=C\CC(N)O)C(C(F)F)=C1. The molecule has 1 heterocycles. The molecule has 0 spiro atoms. The summed E-state index contributed by atoms with van der Waals surface area (Å²) in [6.07, 6.45) is 0.441. The molecule has 1 rings (SSSR count). The van der Waals surface area contributed by atoms with E-state index >= 15 is 0 Å². The number of nitrogens with two attached hydrogens (primary N) is 1. The molecule has 0 fully saturated rings. The van der Waals surface area contributed by atoms with E-state index in [9.17, 15) is 8.78 Å². The van der Waals surface area contributed by atoms with Gasteiger partial charge in [-0.1, -0.05) is 6.08 Å². The molecule has 0 aromatic rings. The second kappa shape index (κ2) is 7.32. The minimum atomic E-state index is -2.61. The first-order chi connectivity index (χ1) is 8.95. The van der Waals surface area contributed by atoms with Crippen molar-refractivity contribution in [2.75, 3.05) is 13.7 Å². The van der Waals surface area contributed by atoms with E-state index < -0.39 is 18.8 Å². The van der Waals surface area contributed by atoms with E-state index in [-0.39, 0.29) is 18.7 Å². The van der Waals surface area contributed by atoms with Crippen molar-refractivity contribution >= 4 is 5.71 Å². The number of alkyl halides is 2. The van der Waals surface area contributed by atoms with Crippen LogP contribution in [0.2, 0.25) is 0 Å². The number of methoxy groups -OCH3 is 1. The monoisotopic (exact) mass is 275 g/mol. The molecule has 5 nitrogen and oxygen atoms in total. The van der Waals surface area contributed by atoms with E-state index in [0.717, 1.165) is 0 Å². The van der Waals surface area contributed by atoms with E-state index in [1.807, 2.05) is 0 Å². The lowest BCUT2D eigenvalue weighted by molar-refractivity contribution is 0.142.